The van der Waals surface area contributed by atoms with Crippen LogP contribution in [0.2, 0.25) is 0 Å². The highest BCUT2D eigenvalue weighted by atomic mass is 32.2. The first kappa shape index (κ1) is 19.2. The zero-order valence-electron chi connectivity index (χ0n) is 15.2. The van der Waals surface area contributed by atoms with Crippen LogP contribution in [0.5, 0.6) is 0 Å². The number of nitrogens with one attached hydrogen (secondary N) is 1. The Morgan fingerprint density at radius 3 is 2.44 bits per heavy atom. The lowest BCUT2D eigenvalue weighted by Crippen LogP contribution is -2.67. The lowest BCUT2D eigenvalue weighted by molar-refractivity contribution is -0.141. The molecule has 4 rings (SSSR count). The van der Waals surface area contributed by atoms with Crippen molar-refractivity contribution in [1.82, 2.24) is 19.4 Å². The standard InChI is InChI=1S/C16H23F3N4O3S/c1-14(9-26-10-14)6-20-11-4-15(5-11)7-23(8-15)27(24,25)13-3-12(16(17,18)19)21-22(13)2/h3,11,20H,4-10H2,1-2H3. The fourth-order valence-electron chi connectivity index (χ4n) is 4.17. The van der Waals surface area contributed by atoms with Gasteiger partial charge in [-0.3, -0.25) is 4.68 Å². The number of hydrogen-bond donors (Lipinski definition) is 1. The molecule has 0 bridgehead atoms. The van der Waals surface area contributed by atoms with Crippen LogP contribution in [0.3, 0.4) is 0 Å². The summed E-state index contributed by atoms with van der Waals surface area (Å²) < 4.78 is 70.9. The fraction of sp³-hybridized carbons (Fsp3) is 0.812. The Morgan fingerprint density at radius 1 is 1.33 bits per heavy atom. The summed E-state index contributed by atoms with van der Waals surface area (Å²) >= 11 is 0. The summed E-state index contributed by atoms with van der Waals surface area (Å²) in [5, 5.41) is 6.39. The quantitative estimate of drug-likeness (QED) is 0.793. The molecular formula is C16H23F3N4O3S. The number of nitrogens with zero attached hydrogens (tertiary/aromatic N) is 3. The van der Waals surface area contributed by atoms with Crippen LogP contribution >= 0.6 is 0 Å². The average Bonchev–Trinajstić information content (AvgIpc) is 2.84. The van der Waals surface area contributed by atoms with Gasteiger partial charge in [0.2, 0.25) is 0 Å². The van der Waals surface area contributed by atoms with E-state index in [1.807, 2.05) is 0 Å². The molecule has 7 nitrogen and oxygen atoms in total. The van der Waals surface area contributed by atoms with E-state index in [1.54, 1.807) is 0 Å². The third-order valence-electron chi connectivity index (χ3n) is 5.83. The van der Waals surface area contributed by atoms with E-state index in [9.17, 15) is 21.6 Å². The van der Waals surface area contributed by atoms with Crippen LogP contribution in [0.15, 0.2) is 11.1 Å². The molecule has 2 aliphatic heterocycles. The van der Waals surface area contributed by atoms with Gasteiger partial charge in [-0.2, -0.15) is 22.6 Å². The van der Waals surface area contributed by atoms with Crippen molar-refractivity contribution in [2.45, 2.75) is 37.0 Å². The molecule has 0 aromatic carbocycles. The van der Waals surface area contributed by atoms with E-state index in [2.05, 4.69) is 17.3 Å². The predicted molar refractivity (Wildman–Crippen MR) is 89.4 cm³/mol. The van der Waals surface area contributed by atoms with E-state index in [0.29, 0.717) is 25.2 Å². The molecule has 2 saturated heterocycles. The van der Waals surface area contributed by atoms with E-state index in [4.69, 9.17) is 4.74 Å². The van der Waals surface area contributed by atoms with Crippen molar-refractivity contribution in [2.75, 3.05) is 32.8 Å². The van der Waals surface area contributed by atoms with Gasteiger partial charge >= 0.3 is 6.18 Å². The molecule has 3 aliphatic rings. The minimum absolute atomic E-state index is 0.0484. The molecule has 0 radical (unpaired) electrons. The molecule has 0 amide bonds. The van der Waals surface area contributed by atoms with Crippen molar-refractivity contribution in [3.05, 3.63) is 11.8 Å². The largest absolute Gasteiger partial charge is 0.435 e. The smallest absolute Gasteiger partial charge is 0.380 e. The Kier molecular flexibility index (Phi) is 4.20. The molecule has 1 aromatic rings. The van der Waals surface area contributed by atoms with Gasteiger partial charge in [0.1, 0.15) is 0 Å². The maximum atomic E-state index is 12.8. The summed E-state index contributed by atoms with van der Waals surface area (Å²) in [5.74, 6) is 0. The van der Waals surface area contributed by atoms with Crippen LogP contribution in [-0.2, 0) is 28.0 Å². The van der Waals surface area contributed by atoms with E-state index in [1.165, 1.54) is 11.4 Å². The zero-order valence-corrected chi connectivity index (χ0v) is 16.0. The Labute approximate surface area is 155 Å². The number of aryl methyl sites for hydroxylation is 1. The van der Waals surface area contributed by atoms with Crippen molar-refractivity contribution in [3.8, 4) is 0 Å². The number of aromatic nitrogens is 2. The van der Waals surface area contributed by atoms with Crippen molar-refractivity contribution in [2.24, 2.45) is 17.9 Å². The fourth-order valence-corrected chi connectivity index (χ4v) is 5.95. The van der Waals surface area contributed by atoms with Gasteiger partial charge in [0.05, 0.1) is 13.2 Å². The van der Waals surface area contributed by atoms with Gasteiger partial charge < -0.3 is 10.1 Å². The third-order valence-corrected chi connectivity index (χ3v) is 7.68. The predicted octanol–water partition coefficient (Wildman–Crippen LogP) is 1.22. The molecule has 11 heteroatoms. The highest BCUT2D eigenvalue weighted by molar-refractivity contribution is 7.89. The summed E-state index contributed by atoms with van der Waals surface area (Å²) in [6.07, 6.45) is -2.90. The lowest BCUT2D eigenvalue weighted by Gasteiger charge is -2.58. The number of rotatable bonds is 5. The van der Waals surface area contributed by atoms with Gasteiger partial charge in [-0.15, -0.1) is 0 Å². The van der Waals surface area contributed by atoms with Crippen LogP contribution in [0, 0.1) is 10.8 Å². The average molecular weight is 408 g/mol. The molecule has 27 heavy (non-hydrogen) atoms. The molecule has 152 valence electrons. The molecule has 1 N–H and O–H groups in total. The van der Waals surface area contributed by atoms with Crippen molar-refractivity contribution >= 4 is 10.0 Å². The van der Waals surface area contributed by atoms with E-state index in [-0.39, 0.29) is 10.8 Å². The van der Waals surface area contributed by atoms with Gasteiger partial charge in [0, 0.05) is 49.6 Å². The molecular weight excluding hydrogens is 385 g/mol. The van der Waals surface area contributed by atoms with Crippen LogP contribution in [-0.4, -0.2) is 61.4 Å². The van der Waals surface area contributed by atoms with Gasteiger partial charge in [-0.1, -0.05) is 6.92 Å². The second-order valence-electron chi connectivity index (χ2n) is 8.55. The van der Waals surface area contributed by atoms with Gasteiger partial charge in [-0.25, -0.2) is 8.42 Å². The number of hydrogen-bond acceptors (Lipinski definition) is 5. The zero-order chi connectivity index (χ0) is 19.7. The molecule has 1 aromatic heterocycles. The second kappa shape index (κ2) is 5.91. The summed E-state index contributed by atoms with van der Waals surface area (Å²) in [7, 11) is -2.76. The van der Waals surface area contributed by atoms with Crippen molar-refractivity contribution < 1.29 is 26.3 Å². The van der Waals surface area contributed by atoms with E-state index < -0.39 is 26.9 Å². The SMILES string of the molecule is Cn1nc(C(F)(F)F)cc1S(=O)(=O)N1CC2(CC(NCC3(C)COC3)C2)C1. The first-order chi connectivity index (χ1) is 12.4. The number of alkyl halides is 3. The minimum Gasteiger partial charge on any atom is -0.380 e. The van der Waals surface area contributed by atoms with Crippen molar-refractivity contribution in [1.29, 1.82) is 0 Å². The number of sulfonamides is 1. The molecule has 1 spiro atoms. The summed E-state index contributed by atoms with van der Waals surface area (Å²) in [5.41, 5.74) is -1.05. The highest BCUT2D eigenvalue weighted by Crippen LogP contribution is 2.50. The van der Waals surface area contributed by atoms with Gasteiger partial charge in [-0.05, 0) is 12.8 Å². The molecule has 3 heterocycles. The summed E-state index contributed by atoms with van der Waals surface area (Å²) in [6, 6.07) is 0.966. The van der Waals surface area contributed by atoms with Gasteiger partial charge in [0.25, 0.3) is 10.0 Å². The maximum absolute atomic E-state index is 12.8. The van der Waals surface area contributed by atoms with Crippen LogP contribution in [0.1, 0.15) is 25.5 Å². The molecule has 3 fully saturated rings. The molecule has 1 aliphatic carbocycles. The summed E-state index contributed by atoms with van der Waals surface area (Å²) in [6.45, 7) is 5.26. The second-order valence-corrected chi connectivity index (χ2v) is 10.4. The third kappa shape index (κ3) is 3.28. The van der Waals surface area contributed by atoms with Crippen LogP contribution in [0.25, 0.3) is 0 Å². The Hall–Kier alpha value is -1.17. The van der Waals surface area contributed by atoms with Crippen molar-refractivity contribution in [3.63, 3.8) is 0 Å². The lowest BCUT2D eigenvalue weighted by atomic mass is 9.61. The molecule has 1 saturated carbocycles. The summed E-state index contributed by atoms with van der Waals surface area (Å²) in [4.78, 5) is 0. The minimum atomic E-state index is -4.67. The Morgan fingerprint density at radius 2 is 1.96 bits per heavy atom. The monoisotopic (exact) mass is 408 g/mol. The number of ether oxygens (including phenoxy) is 1. The van der Waals surface area contributed by atoms with Crippen LogP contribution < -0.4 is 5.32 Å². The number of halogens is 3. The highest BCUT2D eigenvalue weighted by Gasteiger charge is 2.56. The van der Waals surface area contributed by atoms with Gasteiger partial charge in [0.15, 0.2) is 10.7 Å². The first-order valence-corrected chi connectivity index (χ1v) is 10.3. The Bertz CT molecular complexity index is 834. The molecule has 0 atom stereocenters. The Balaban J connectivity index is 1.34. The van der Waals surface area contributed by atoms with E-state index >= 15 is 0 Å². The molecule has 0 unspecified atom stereocenters. The van der Waals surface area contributed by atoms with E-state index in [0.717, 1.165) is 37.3 Å². The first-order valence-electron chi connectivity index (χ1n) is 8.85. The van der Waals surface area contributed by atoms with Crippen LogP contribution in [0.4, 0.5) is 13.2 Å². The maximum Gasteiger partial charge on any atom is 0.435 e. The topological polar surface area (TPSA) is 76.5 Å². The normalized spacial score (nSPS) is 25.1.